The fourth-order valence-electron chi connectivity index (χ4n) is 1.56. The van der Waals surface area contributed by atoms with Gasteiger partial charge < -0.3 is 0 Å². The average molecular weight is 171 g/mol. The van der Waals surface area contributed by atoms with E-state index in [4.69, 9.17) is 11.6 Å². The SMILES string of the molecule is Fc1cccc2c1CC[C@@H]2Cl. The van der Waals surface area contributed by atoms with Crippen molar-refractivity contribution in [2.45, 2.75) is 18.2 Å². The van der Waals surface area contributed by atoms with Crippen LogP contribution in [0.3, 0.4) is 0 Å². The van der Waals surface area contributed by atoms with E-state index < -0.39 is 0 Å². The first kappa shape index (κ1) is 7.11. The molecular weight excluding hydrogens is 163 g/mol. The van der Waals surface area contributed by atoms with Gasteiger partial charge in [-0.3, -0.25) is 0 Å². The number of halogens is 2. The lowest BCUT2D eigenvalue weighted by Gasteiger charge is -2.01. The van der Waals surface area contributed by atoms with Gasteiger partial charge in [0, 0.05) is 0 Å². The van der Waals surface area contributed by atoms with Crippen molar-refractivity contribution in [3.63, 3.8) is 0 Å². The monoisotopic (exact) mass is 170 g/mol. The Hall–Kier alpha value is -0.560. The molecular formula is C9H8ClF. The van der Waals surface area contributed by atoms with Crippen LogP contribution in [0.1, 0.15) is 22.9 Å². The lowest BCUT2D eigenvalue weighted by Crippen LogP contribution is -1.87. The van der Waals surface area contributed by atoms with E-state index in [9.17, 15) is 4.39 Å². The highest BCUT2D eigenvalue weighted by Crippen LogP contribution is 2.36. The molecule has 0 amide bonds. The predicted octanol–water partition coefficient (Wildman–Crippen LogP) is 3.05. The summed E-state index contributed by atoms with van der Waals surface area (Å²) in [6, 6.07) is 5.12. The zero-order chi connectivity index (χ0) is 7.84. The zero-order valence-electron chi connectivity index (χ0n) is 5.98. The van der Waals surface area contributed by atoms with E-state index in [1.807, 2.05) is 6.07 Å². The van der Waals surface area contributed by atoms with Crippen LogP contribution >= 0.6 is 11.6 Å². The number of rotatable bonds is 0. The first-order chi connectivity index (χ1) is 5.29. The van der Waals surface area contributed by atoms with Crippen LogP contribution in [0.4, 0.5) is 4.39 Å². The third kappa shape index (κ3) is 1.04. The minimum atomic E-state index is -0.106. The number of alkyl halides is 1. The van der Waals surface area contributed by atoms with Crippen molar-refractivity contribution in [1.29, 1.82) is 0 Å². The molecule has 0 unspecified atom stereocenters. The largest absolute Gasteiger partial charge is 0.207 e. The Morgan fingerprint density at radius 3 is 3.00 bits per heavy atom. The summed E-state index contributed by atoms with van der Waals surface area (Å²) in [5.74, 6) is -0.106. The maximum Gasteiger partial charge on any atom is 0.126 e. The smallest absolute Gasteiger partial charge is 0.126 e. The zero-order valence-corrected chi connectivity index (χ0v) is 6.74. The van der Waals surface area contributed by atoms with E-state index in [-0.39, 0.29) is 11.2 Å². The molecule has 0 nitrogen and oxygen atoms in total. The first-order valence-electron chi connectivity index (χ1n) is 3.70. The molecule has 0 aliphatic heterocycles. The molecule has 58 valence electrons. The normalized spacial score (nSPS) is 21.8. The predicted molar refractivity (Wildman–Crippen MR) is 43.3 cm³/mol. The number of benzene rings is 1. The molecule has 2 heteroatoms. The van der Waals surface area contributed by atoms with Gasteiger partial charge >= 0.3 is 0 Å². The number of hydrogen-bond acceptors (Lipinski definition) is 0. The van der Waals surface area contributed by atoms with Crippen LogP contribution in [0, 0.1) is 5.82 Å². The van der Waals surface area contributed by atoms with Crippen LogP contribution < -0.4 is 0 Å². The van der Waals surface area contributed by atoms with Crippen molar-refractivity contribution in [2.24, 2.45) is 0 Å². The van der Waals surface area contributed by atoms with E-state index in [0.717, 1.165) is 24.0 Å². The fourth-order valence-corrected chi connectivity index (χ4v) is 1.87. The lowest BCUT2D eigenvalue weighted by molar-refractivity contribution is 0.612. The molecule has 0 N–H and O–H groups in total. The van der Waals surface area contributed by atoms with Gasteiger partial charge in [0.05, 0.1) is 5.38 Å². The summed E-state index contributed by atoms with van der Waals surface area (Å²) in [6.45, 7) is 0. The van der Waals surface area contributed by atoms with Gasteiger partial charge in [-0.2, -0.15) is 0 Å². The molecule has 1 aliphatic carbocycles. The lowest BCUT2D eigenvalue weighted by atomic mass is 10.1. The first-order valence-corrected chi connectivity index (χ1v) is 4.14. The Labute approximate surface area is 70.0 Å². The van der Waals surface area contributed by atoms with E-state index in [0.29, 0.717) is 0 Å². The maximum atomic E-state index is 13.0. The second-order valence-corrected chi connectivity index (χ2v) is 3.34. The van der Waals surface area contributed by atoms with E-state index >= 15 is 0 Å². The average Bonchev–Trinajstić information content (AvgIpc) is 2.35. The summed E-state index contributed by atoms with van der Waals surface area (Å²) in [5.41, 5.74) is 1.79. The van der Waals surface area contributed by atoms with Crippen LogP contribution in [0.25, 0.3) is 0 Å². The summed E-state index contributed by atoms with van der Waals surface area (Å²) < 4.78 is 13.0. The molecule has 2 rings (SSSR count). The van der Waals surface area contributed by atoms with Crippen LogP contribution in [-0.4, -0.2) is 0 Å². The molecule has 0 radical (unpaired) electrons. The Balaban J connectivity index is 2.57. The minimum Gasteiger partial charge on any atom is -0.207 e. The van der Waals surface area contributed by atoms with Gasteiger partial charge in [0.1, 0.15) is 5.82 Å². The third-order valence-corrected chi connectivity index (χ3v) is 2.59. The van der Waals surface area contributed by atoms with Crippen LogP contribution in [0.15, 0.2) is 18.2 Å². The quantitative estimate of drug-likeness (QED) is 0.525. The molecule has 0 heterocycles. The fraction of sp³-hybridized carbons (Fsp3) is 0.333. The molecule has 1 aliphatic rings. The maximum absolute atomic E-state index is 13.0. The highest BCUT2D eigenvalue weighted by Gasteiger charge is 2.22. The van der Waals surface area contributed by atoms with Crippen LogP contribution in [0.2, 0.25) is 0 Å². The van der Waals surface area contributed by atoms with E-state index in [1.165, 1.54) is 6.07 Å². The van der Waals surface area contributed by atoms with Crippen molar-refractivity contribution >= 4 is 11.6 Å². The molecule has 0 saturated heterocycles. The molecule has 0 fully saturated rings. The Kier molecular flexibility index (Phi) is 1.61. The summed E-state index contributed by atoms with van der Waals surface area (Å²) in [6.07, 6.45) is 1.66. The van der Waals surface area contributed by atoms with Gasteiger partial charge in [-0.05, 0) is 30.0 Å². The second kappa shape index (κ2) is 2.49. The van der Waals surface area contributed by atoms with Crippen LogP contribution in [-0.2, 0) is 6.42 Å². The molecule has 1 atom stereocenters. The molecule has 1 aromatic rings. The van der Waals surface area contributed by atoms with Crippen molar-refractivity contribution in [2.75, 3.05) is 0 Å². The van der Waals surface area contributed by atoms with Gasteiger partial charge in [-0.25, -0.2) is 4.39 Å². The van der Waals surface area contributed by atoms with Gasteiger partial charge in [0.2, 0.25) is 0 Å². The van der Waals surface area contributed by atoms with Gasteiger partial charge in [-0.15, -0.1) is 11.6 Å². The molecule has 0 spiro atoms. The topological polar surface area (TPSA) is 0 Å². The molecule has 11 heavy (non-hydrogen) atoms. The van der Waals surface area contributed by atoms with Crippen molar-refractivity contribution in [1.82, 2.24) is 0 Å². The van der Waals surface area contributed by atoms with Crippen molar-refractivity contribution < 1.29 is 4.39 Å². The third-order valence-electron chi connectivity index (χ3n) is 2.14. The molecule has 1 aromatic carbocycles. The van der Waals surface area contributed by atoms with Gasteiger partial charge in [0.15, 0.2) is 0 Å². The molecule has 0 bridgehead atoms. The molecule has 0 aromatic heterocycles. The minimum absolute atomic E-state index is 0.0284. The van der Waals surface area contributed by atoms with Crippen molar-refractivity contribution in [3.8, 4) is 0 Å². The summed E-state index contributed by atoms with van der Waals surface area (Å²) >= 11 is 5.95. The van der Waals surface area contributed by atoms with Gasteiger partial charge in [-0.1, -0.05) is 12.1 Å². The van der Waals surface area contributed by atoms with Crippen LogP contribution in [0.5, 0.6) is 0 Å². The second-order valence-electron chi connectivity index (χ2n) is 2.81. The highest BCUT2D eigenvalue weighted by molar-refractivity contribution is 6.21. The molecule has 0 saturated carbocycles. The Morgan fingerprint density at radius 1 is 1.45 bits per heavy atom. The Morgan fingerprint density at radius 2 is 2.27 bits per heavy atom. The highest BCUT2D eigenvalue weighted by atomic mass is 35.5. The summed E-state index contributed by atoms with van der Waals surface area (Å²) in [4.78, 5) is 0. The number of hydrogen-bond donors (Lipinski definition) is 0. The van der Waals surface area contributed by atoms with E-state index in [1.54, 1.807) is 6.07 Å². The summed E-state index contributed by atoms with van der Waals surface area (Å²) in [5, 5.41) is 0.0284. The van der Waals surface area contributed by atoms with E-state index in [2.05, 4.69) is 0 Å². The Bertz CT molecular complexity index is 283. The number of fused-ring (bicyclic) bond motifs is 1. The van der Waals surface area contributed by atoms with Crippen molar-refractivity contribution in [3.05, 3.63) is 35.1 Å². The summed E-state index contributed by atoms with van der Waals surface area (Å²) in [7, 11) is 0. The van der Waals surface area contributed by atoms with Gasteiger partial charge in [0.25, 0.3) is 0 Å². The standard InChI is InChI=1S/C9H8ClF/c10-8-5-4-7-6(8)2-1-3-9(7)11/h1-3,8H,4-5H2/t8-/m0/s1.